The minimum absolute atomic E-state index is 0.0381. The lowest BCUT2D eigenvalue weighted by Gasteiger charge is -2.27. The summed E-state index contributed by atoms with van der Waals surface area (Å²) in [5, 5.41) is 6.19. The third-order valence-electron chi connectivity index (χ3n) is 5.58. The molecule has 0 radical (unpaired) electrons. The van der Waals surface area contributed by atoms with E-state index < -0.39 is 0 Å². The van der Waals surface area contributed by atoms with Gasteiger partial charge in [0.05, 0.1) is 5.92 Å². The smallest absolute Gasteiger partial charge is 0.227 e. The molecule has 1 aromatic rings. The van der Waals surface area contributed by atoms with Gasteiger partial charge in [0.15, 0.2) is 0 Å². The lowest BCUT2D eigenvalue weighted by atomic mass is 9.95. The van der Waals surface area contributed by atoms with Crippen LogP contribution in [0.2, 0.25) is 0 Å². The zero-order valence-electron chi connectivity index (χ0n) is 16.4. The van der Waals surface area contributed by atoms with Gasteiger partial charge in [-0.25, -0.2) is 0 Å². The van der Waals surface area contributed by atoms with Crippen molar-refractivity contribution in [2.45, 2.75) is 77.2 Å². The maximum absolute atomic E-state index is 12.7. The molecule has 2 N–H and O–H groups in total. The molecule has 1 heterocycles. The molecule has 5 heteroatoms. The van der Waals surface area contributed by atoms with Crippen molar-refractivity contribution < 1.29 is 14.3 Å². The molecule has 27 heavy (non-hydrogen) atoms. The van der Waals surface area contributed by atoms with Crippen LogP contribution in [-0.2, 0) is 16.0 Å². The fourth-order valence-corrected chi connectivity index (χ4v) is 3.94. The molecule has 2 aliphatic rings. The van der Waals surface area contributed by atoms with Crippen molar-refractivity contribution in [3.05, 3.63) is 23.8 Å². The van der Waals surface area contributed by atoms with Gasteiger partial charge < -0.3 is 15.4 Å². The Morgan fingerprint density at radius 1 is 1.15 bits per heavy atom. The van der Waals surface area contributed by atoms with Crippen molar-refractivity contribution in [3.8, 4) is 5.75 Å². The van der Waals surface area contributed by atoms with Crippen molar-refractivity contribution in [3.63, 3.8) is 0 Å². The Hall–Kier alpha value is -2.04. The first-order chi connectivity index (χ1) is 13.2. The predicted molar refractivity (Wildman–Crippen MR) is 107 cm³/mol. The zero-order valence-corrected chi connectivity index (χ0v) is 16.4. The molecule has 3 rings (SSSR count). The largest absolute Gasteiger partial charge is 0.492 e. The monoisotopic (exact) mass is 372 g/mol. The number of carbonyl (C=O) groups is 2. The van der Waals surface area contributed by atoms with Gasteiger partial charge in [-0.05, 0) is 49.4 Å². The van der Waals surface area contributed by atoms with E-state index in [4.69, 9.17) is 4.74 Å². The summed E-state index contributed by atoms with van der Waals surface area (Å²) >= 11 is 0. The Morgan fingerprint density at radius 3 is 2.67 bits per heavy atom. The molecule has 148 valence electrons. The Balaban J connectivity index is 1.58. The van der Waals surface area contributed by atoms with Crippen LogP contribution in [0.3, 0.4) is 0 Å². The second kappa shape index (κ2) is 9.77. The third kappa shape index (κ3) is 5.72. The van der Waals surface area contributed by atoms with Crippen LogP contribution in [0.1, 0.15) is 70.3 Å². The number of ether oxygens (including phenoxy) is 1. The van der Waals surface area contributed by atoms with Crippen LogP contribution in [0.15, 0.2) is 18.2 Å². The second-order valence-electron chi connectivity index (χ2n) is 7.88. The van der Waals surface area contributed by atoms with E-state index in [1.54, 1.807) is 0 Å². The van der Waals surface area contributed by atoms with Crippen LogP contribution < -0.4 is 15.4 Å². The number of anilines is 1. The number of fused-ring (bicyclic) bond motifs is 1. The fourth-order valence-electron chi connectivity index (χ4n) is 3.94. The van der Waals surface area contributed by atoms with Gasteiger partial charge in [-0.15, -0.1) is 0 Å². The zero-order chi connectivity index (χ0) is 19.1. The van der Waals surface area contributed by atoms with Crippen LogP contribution in [0.25, 0.3) is 0 Å². The quantitative estimate of drug-likeness (QED) is 0.735. The summed E-state index contributed by atoms with van der Waals surface area (Å²) in [7, 11) is 0. The molecule has 1 saturated carbocycles. The van der Waals surface area contributed by atoms with Crippen LogP contribution >= 0.6 is 0 Å². The SMILES string of the molecule is CCCCC(=O)Nc1ccc2c(c1)CC(C(=O)NC1CCCCCC1)CO2. The second-order valence-corrected chi connectivity index (χ2v) is 7.88. The standard InChI is InChI=1S/C22H32N2O3/c1-2-3-10-21(25)23-19-11-12-20-16(14-19)13-17(15-27-20)22(26)24-18-8-6-4-5-7-9-18/h11-12,14,17-18H,2-10,13,15H2,1H3,(H,23,25)(H,24,26). The first kappa shape index (κ1) is 19.7. The minimum Gasteiger partial charge on any atom is -0.492 e. The fraction of sp³-hybridized carbons (Fsp3) is 0.636. The first-order valence-corrected chi connectivity index (χ1v) is 10.5. The van der Waals surface area contributed by atoms with Gasteiger partial charge in [-0.3, -0.25) is 9.59 Å². The summed E-state index contributed by atoms with van der Waals surface area (Å²) in [5.74, 6) is 0.799. The van der Waals surface area contributed by atoms with E-state index in [0.717, 1.165) is 42.7 Å². The van der Waals surface area contributed by atoms with Gasteiger partial charge in [0.2, 0.25) is 11.8 Å². The Labute approximate surface area is 162 Å². The maximum atomic E-state index is 12.7. The van der Waals surface area contributed by atoms with Gasteiger partial charge >= 0.3 is 0 Å². The van der Waals surface area contributed by atoms with Crippen molar-refractivity contribution in [1.82, 2.24) is 5.32 Å². The van der Waals surface area contributed by atoms with Crippen molar-refractivity contribution in [2.75, 3.05) is 11.9 Å². The molecule has 1 aliphatic carbocycles. The molecule has 1 aromatic carbocycles. The number of hydrogen-bond acceptors (Lipinski definition) is 3. The van der Waals surface area contributed by atoms with Crippen molar-refractivity contribution in [1.29, 1.82) is 0 Å². The van der Waals surface area contributed by atoms with E-state index in [-0.39, 0.29) is 17.7 Å². The molecule has 2 amide bonds. The minimum atomic E-state index is -0.160. The Morgan fingerprint density at radius 2 is 1.93 bits per heavy atom. The number of carbonyl (C=O) groups excluding carboxylic acids is 2. The average Bonchev–Trinajstić information content (AvgIpc) is 2.94. The highest BCUT2D eigenvalue weighted by molar-refractivity contribution is 5.91. The number of amides is 2. The van der Waals surface area contributed by atoms with Crippen LogP contribution in [-0.4, -0.2) is 24.5 Å². The molecular weight excluding hydrogens is 340 g/mol. The molecule has 1 atom stereocenters. The number of unbranched alkanes of at least 4 members (excludes halogenated alkanes) is 1. The summed E-state index contributed by atoms with van der Waals surface area (Å²) in [6.07, 6.45) is 10.2. The lowest BCUT2D eigenvalue weighted by molar-refractivity contribution is -0.127. The number of rotatable bonds is 6. The Kier molecular flexibility index (Phi) is 7.13. The third-order valence-corrected chi connectivity index (χ3v) is 5.58. The highest BCUT2D eigenvalue weighted by Crippen LogP contribution is 2.30. The highest BCUT2D eigenvalue weighted by atomic mass is 16.5. The molecule has 0 bridgehead atoms. The van der Waals surface area contributed by atoms with Gasteiger partial charge in [-0.1, -0.05) is 39.0 Å². The Bertz CT molecular complexity index is 651. The van der Waals surface area contributed by atoms with Gasteiger partial charge in [0, 0.05) is 18.2 Å². The number of benzene rings is 1. The van der Waals surface area contributed by atoms with E-state index >= 15 is 0 Å². The number of nitrogens with one attached hydrogen (secondary N) is 2. The average molecular weight is 373 g/mol. The number of hydrogen-bond donors (Lipinski definition) is 2. The lowest BCUT2D eigenvalue weighted by Crippen LogP contribution is -2.42. The molecular formula is C22H32N2O3. The molecule has 1 unspecified atom stereocenters. The van der Waals surface area contributed by atoms with E-state index in [2.05, 4.69) is 17.6 Å². The van der Waals surface area contributed by atoms with Crippen LogP contribution in [0.4, 0.5) is 5.69 Å². The summed E-state index contributed by atoms with van der Waals surface area (Å²) < 4.78 is 5.82. The van der Waals surface area contributed by atoms with E-state index in [0.29, 0.717) is 25.5 Å². The molecule has 0 spiro atoms. The molecule has 0 saturated heterocycles. The summed E-state index contributed by atoms with van der Waals surface area (Å²) in [6, 6.07) is 6.02. The summed E-state index contributed by atoms with van der Waals surface area (Å²) in [6.45, 7) is 2.50. The molecule has 5 nitrogen and oxygen atoms in total. The first-order valence-electron chi connectivity index (χ1n) is 10.5. The van der Waals surface area contributed by atoms with Gasteiger partial charge in [-0.2, -0.15) is 0 Å². The summed E-state index contributed by atoms with van der Waals surface area (Å²) in [4.78, 5) is 24.7. The molecule has 0 aromatic heterocycles. The van der Waals surface area contributed by atoms with Crippen molar-refractivity contribution in [2.24, 2.45) is 5.92 Å². The van der Waals surface area contributed by atoms with Crippen LogP contribution in [0.5, 0.6) is 5.75 Å². The van der Waals surface area contributed by atoms with Gasteiger partial charge in [0.25, 0.3) is 0 Å². The maximum Gasteiger partial charge on any atom is 0.227 e. The van der Waals surface area contributed by atoms with Crippen LogP contribution in [0, 0.1) is 5.92 Å². The van der Waals surface area contributed by atoms with Crippen molar-refractivity contribution >= 4 is 17.5 Å². The van der Waals surface area contributed by atoms with E-state index in [1.807, 2.05) is 18.2 Å². The molecule has 1 aliphatic heterocycles. The van der Waals surface area contributed by atoms with E-state index in [9.17, 15) is 9.59 Å². The normalized spacial score (nSPS) is 20.1. The van der Waals surface area contributed by atoms with Gasteiger partial charge in [0.1, 0.15) is 12.4 Å². The molecule has 1 fully saturated rings. The predicted octanol–water partition coefficient (Wildman–Crippen LogP) is 4.21. The summed E-state index contributed by atoms with van der Waals surface area (Å²) in [5.41, 5.74) is 1.78. The van der Waals surface area contributed by atoms with E-state index in [1.165, 1.54) is 25.7 Å². The topological polar surface area (TPSA) is 67.4 Å². The highest BCUT2D eigenvalue weighted by Gasteiger charge is 2.28.